The molecule has 7 heteroatoms. The number of nitrogens with one attached hydrogen (secondary N) is 2. The lowest BCUT2D eigenvalue weighted by Crippen LogP contribution is -2.45. The maximum absolute atomic E-state index is 11.8. The highest BCUT2D eigenvalue weighted by atomic mass is 16.6. The number of para-hydroxylation sites is 2. The average Bonchev–Trinajstić information content (AvgIpc) is 3.14. The Hall–Kier alpha value is -2.44. The normalized spacial score (nSPS) is 22.2. The SMILES string of the molecule is CCNC(=NCC1COc2ccccc2O1)NC1CCN(C(=O)CC)C1. The van der Waals surface area contributed by atoms with Gasteiger partial charge < -0.3 is 25.0 Å². The molecule has 0 bridgehead atoms. The minimum Gasteiger partial charge on any atom is -0.486 e. The van der Waals surface area contributed by atoms with Crippen molar-refractivity contribution in [2.24, 2.45) is 4.99 Å². The Labute approximate surface area is 154 Å². The molecule has 2 atom stereocenters. The molecule has 2 N–H and O–H groups in total. The summed E-state index contributed by atoms with van der Waals surface area (Å²) in [7, 11) is 0. The van der Waals surface area contributed by atoms with Crippen LogP contribution in [0.2, 0.25) is 0 Å². The lowest BCUT2D eigenvalue weighted by molar-refractivity contribution is -0.129. The number of guanidine groups is 1. The van der Waals surface area contributed by atoms with E-state index in [0.29, 0.717) is 19.6 Å². The number of amides is 1. The first kappa shape index (κ1) is 18.4. The predicted octanol–water partition coefficient (Wildman–Crippen LogP) is 1.39. The van der Waals surface area contributed by atoms with E-state index >= 15 is 0 Å². The van der Waals surface area contributed by atoms with Gasteiger partial charge in [0.05, 0.1) is 6.54 Å². The van der Waals surface area contributed by atoms with E-state index in [1.165, 1.54) is 0 Å². The maximum Gasteiger partial charge on any atom is 0.222 e. The number of carbonyl (C=O) groups excluding carboxylic acids is 1. The molecule has 2 unspecified atom stereocenters. The van der Waals surface area contributed by atoms with Crippen LogP contribution in [0.15, 0.2) is 29.3 Å². The van der Waals surface area contributed by atoms with Crippen molar-refractivity contribution in [3.63, 3.8) is 0 Å². The van der Waals surface area contributed by atoms with Crippen molar-refractivity contribution >= 4 is 11.9 Å². The third-order valence-electron chi connectivity index (χ3n) is 4.55. The number of benzene rings is 1. The van der Waals surface area contributed by atoms with Gasteiger partial charge in [-0.3, -0.25) is 4.79 Å². The van der Waals surface area contributed by atoms with Crippen molar-refractivity contribution in [1.82, 2.24) is 15.5 Å². The standard InChI is InChI=1S/C19H28N4O3/c1-3-18(24)23-10-9-14(12-23)22-19(20-4-2)21-11-15-13-25-16-7-5-6-8-17(16)26-15/h5-8,14-15H,3-4,9-13H2,1-2H3,(H2,20,21,22). The lowest BCUT2D eigenvalue weighted by Gasteiger charge is -2.26. The first-order valence-electron chi connectivity index (χ1n) is 9.40. The zero-order chi connectivity index (χ0) is 18.4. The molecular weight excluding hydrogens is 332 g/mol. The molecule has 2 heterocycles. The molecular formula is C19H28N4O3. The summed E-state index contributed by atoms with van der Waals surface area (Å²) < 4.78 is 11.7. The van der Waals surface area contributed by atoms with Gasteiger partial charge in [0.15, 0.2) is 23.6 Å². The zero-order valence-electron chi connectivity index (χ0n) is 15.5. The van der Waals surface area contributed by atoms with Crippen LogP contribution in [0, 0.1) is 0 Å². The number of hydrogen-bond acceptors (Lipinski definition) is 4. The minimum absolute atomic E-state index is 0.109. The van der Waals surface area contributed by atoms with Crippen LogP contribution >= 0.6 is 0 Å². The first-order chi connectivity index (χ1) is 12.7. The molecule has 1 aromatic carbocycles. The molecule has 1 fully saturated rings. The van der Waals surface area contributed by atoms with Crippen LogP contribution in [0.4, 0.5) is 0 Å². The fourth-order valence-corrected chi connectivity index (χ4v) is 3.19. The number of nitrogens with zero attached hydrogens (tertiary/aromatic N) is 2. The quantitative estimate of drug-likeness (QED) is 0.613. The second-order valence-electron chi connectivity index (χ2n) is 6.54. The number of carbonyl (C=O) groups is 1. The van der Waals surface area contributed by atoms with Crippen LogP contribution < -0.4 is 20.1 Å². The second-order valence-corrected chi connectivity index (χ2v) is 6.54. The Morgan fingerprint density at radius 3 is 2.88 bits per heavy atom. The number of fused-ring (bicyclic) bond motifs is 1. The van der Waals surface area contributed by atoms with Crippen molar-refractivity contribution in [3.8, 4) is 11.5 Å². The highest BCUT2D eigenvalue weighted by Gasteiger charge is 2.26. The van der Waals surface area contributed by atoms with Gasteiger partial charge in [-0.15, -0.1) is 0 Å². The summed E-state index contributed by atoms with van der Waals surface area (Å²) in [6.07, 6.45) is 1.38. The summed E-state index contributed by atoms with van der Waals surface area (Å²) in [6, 6.07) is 7.91. The summed E-state index contributed by atoms with van der Waals surface area (Å²) in [5.41, 5.74) is 0. The molecule has 0 saturated carbocycles. The van der Waals surface area contributed by atoms with Gasteiger partial charge in [-0.2, -0.15) is 0 Å². The van der Waals surface area contributed by atoms with E-state index in [2.05, 4.69) is 15.6 Å². The van der Waals surface area contributed by atoms with Crippen LogP contribution in [-0.2, 0) is 4.79 Å². The average molecular weight is 360 g/mol. The van der Waals surface area contributed by atoms with Crippen LogP contribution in [0.3, 0.4) is 0 Å². The van der Waals surface area contributed by atoms with Crippen molar-refractivity contribution in [2.45, 2.75) is 38.8 Å². The minimum atomic E-state index is -0.109. The second kappa shape index (κ2) is 8.78. The van der Waals surface area contributed by atoms with Crippen LogP contribution in [-0.4, -0.2) is 61.7 Å². The van der Waals surface area contributed by atoms with Crippen LogP contribution in [0.5, 0.6) is 11.5 Å². The molecule has 1 amide bonds. The summed E-state index contributed by atoms with van der Waals surface area (Å²) in [4.78, 5) is 18.4. The van der Waals surface area contributed by atoms with E-state index in [1.807, 2.05) is 43.0 Å². The predicted molar refractivity (Wildman–Crippen MR) is 101 cm³/mol. The monoisotopic (exact) mass is 360 g/mol. The van der Waals surface area contributed by atoms with Crippen molar-refractivity contribution < 1.29 is 14.3 Å². The summed E-state index contributed by atoms with van der Waals surface area (Å²) >= 11 is 0. The Kier molecular flexibility index (Phi) is 6.20. The van der Waals surface area contributed by atoms with E-state index in [1.54, 1.807) is 0 Å². The molecule has 3 rings (SSSR count). The Bertz CT molecular complexity index is 649. The van der Waals surface area contributed by atoms with Crippen LogP contribution in [0.1, 0.15) is 26.7 Å². The largest absolute Gasteiger partial charge is 0.486 e. The molecule has 0 aliphatic carbocycles. The van der Waals surface area contributed by atoms with Gasteiger partial charge in [-0.1, -0.05) is 19.1 Å². The number of ether oxygens (including phenoxy) is 2. The molecule has 142 valence electrons. The Morgan fingerprint density at radius 2 is 2.12 bits per heavy atom. The molecule has 2 aliphatic heterocycles. The Balaban J connectivity index is 1.54. The number of hydrogen-bond donors (Lipinski definition) is 2. The van der Waals surface area contributed by atoms with Crippen molar-refractivity contribution in [3.05, 3.63) is 24.3 Å². The molecule has 2 aliphatic rings. The Morgan fingerprint density at radius 1 is 1.31 bits per heavy atom. The molecule has 0 spiro atoms. The highest BCUT2D eigenvalue weighted by molar-refractivity contribution is 5.80. The molecule has 0 radical (unpaired) electrons. The number of aliphatic imine (C=N–C) groups is 1. The third kappa shape index (κ3) is 4.59. The van der Waals surface area contributed by atoms with Crippen molar-refractivity contribution in [2.75, 3.05) is 32.8 Å². The fraction of sp³-hybridized carbons (Fsp3) is 0.579. The summed E-state index contributed by atoms with van der Waals surface area (Å²) in [5, 5.41) is 6.70. The van der Waals surface area contributed by atoms with E-state index in [-0.39, 0.29) is 18.1 Å². The van der Waals surface area contributed by atoms with Gasteiger partial charge in [0.25, 0.3) is 0 Å². The van der Waals surface area contributed by atoms with Gasteiger partial charge in [-0.25, -0.2) is 4.99 Å². The van der Waals surface area contributed by atoms with Gasteiger partial charge in [0.2, 0.25) is 5.91 Å². The first-order valence-corrected chi connectivity index (χ1v) is 9.40. The maximum atomic E-state index is 11.8. The molecule has 1 saturated heterocycles. The summed E-state index contributed by atoms with van der Waals surface area (Å²) in [6.45, 7) is 7.25. The smallest absolute Gasteiger partial charge is 0.222 e. The molecule has 1 aromatic rings. The zero-order valence-corrected chi connectivity index (χ0v) is 15.5. The fourth-order valence-electron chi connectivity index (χ4n) is 3.19. The highest BCUT2D eigenvalue weighted by Crippen LogP contribution is 2.30. The topological polar surface area (TPSA) is 75.2 Å². The van der Waals surface area contributed by atoms with Crippen LogP contribution in [0.25, 0.3) is 0 Å². The van der Waals surface area contributed by atoms with Gasteiger partial charge >= 0.3 is 0 Å². The molecule has 26 heavy (non-hydrogen) atoms. The van der Waals surface area contributed by atoms with Gasteiger partial charge in [0, 0.05) is 32.1 Å². The summed E-state index contributed by atoms with van der Waals surface area (Å²) in [5.74, 6) is 2.51. The third-order valence-corrected chi connectivity index (χ3v) is 4.55. The van der Waals surface area contributed by atoms with E-state index in [0.717, 1.165) is 43.5 Å². The lowest BCUT2D eigenvalue weighted by atomic mass is 10.2. The van der Waals surface area contributed by atoms with E-state index < -0.39 is 0 Å². The van der Waals surface area contributed by atoms with E-state index in [4.69, 9.17) is 9.47 Å². The van der Waals surface area contributed by atoms with Gasteiger partial charge in [-0.05, 0) is 25.5 Å². The molecule has 0 aromatic heterocycles. The number of rotatable bonds is 5. The number of likely N-dealkylation sites (tertiary alicyclic amines) is 1. The molecule has 7 nitrogen and oxygen atoms in total. The van der Waals surface area contributed by atoms with E-state index in [9.17, 15) is 4.79 Å². The van der Waals surface area contributed by atoms with Gasteiger partial charge in [0.1, 0.15) is 6.61 Å². The van der Waals surface area contributed by atoms with Crippen molar-refractivity contribution in [1.29, 1.82) is 0 Å².